The zero-order valence-electron chi connectivity index (χ0n) is 7.01. The highest BCUT2D eigenvalue weighted by atomic mass is 16.6. The van der Waals surface area contributed by atoms with Gasteiger partial charge in [0.1, 0.15) is 0 Å². The van der Waals surface area contributed by atoms with E-state index in [4.69, 9.17) is 9.90 Å². The Balaban J connectivity index is 0.000000424. The van der Waals surface area contributed by atoms with Gasteiger partial charge in [-0.15, -0.1) is 0 Å². The molecule has 0 spiro atoms. The van der Waals surface area contributed by atoms with Crippen LogP contribution in [-0.2, 0) is 4.79 Å². The first kappa shape index (κ1) is 11.1. The quantitative estimate of drug-likeness (QED) is 0.407. The van der Waals surface area contributed by atoms with Gasteiger partial charge >= 0.3 is 0 Å². The van der Waals surface area contributed by atoms with E-state index in [1.54, 1.807) is 12.1 Å². The number of non-ortho nitro benzene ring substituents is 1. The highest BCUT2D eigenvalue weighted by molar-refractivity contribution is 5.32. The molecule has 5 nitrogen and oxygen atoms in total. The van der Waals surface area contributed by atoms with Gasteiger partial charge in [-0.3, -0.25) is 14.9 Å². The maximum Gasteiger partial charge on any atom is 0.290 e. The summed E-state index contributed by atoms with van der Waals surface area (Å²) in [6.07, 6.45) is 0. The van der Waals surface area contributed by atoms with Crippen LogP contribution in [0.25, 0.3) is 0 Å². The summed E-state index contributed by atoms with van der Waals surface area (Å²) in [6, 6.07) is 6.43. The van der Waals surface area contributed by atoms with E-state index in [0.29, 0.717) is 0 Å². The van der Waals surface area contributed by atoms with E-state index in [1.165, 1.54) is 12.1 Å². The second kappa shape index (κ2) is 5.70. The molecular weight excluding hydrogens is 174 g/mol. The average molecular weight is 183 g/mol. The van der Waals surface area contributed by atoms with Crippen molar-refractivity contribution >= 4 is 12.2 Å². The summed E-state index contributed by atoms with van der Waals surface area (Å²) < 4.78 is 0. The van der Waals surface area contributed by atoms with Crippen molar-refractivity contribution in [1.29, 1.82) is 0 Å². The van der Waals surface area contributed by atoms with E-state index >= 15 is 0 Å². The van der Waals surface area contributed by atoms with E-state index in [-0.39, 0.29) is 12.2 Å². The van der Waals surface area contributed by atoms with Crippen LogP contribution in [0, 0.1) is 17.0 Å². The highest BCUT2D eigenvalue weighted by Crippen LogP contribution is 2.10. The predicted octanol–water partition coefficient (Wildman–Crippen LogP) is 1.60. The van der Waals surface area contributed by atoms with Crippen LogP contribution >= 0.6 is 0 Å². The molecule has 0 saturated carbocycles. The average Bonchev–Trinajstić information content (AvgIpc) is 2.06. The monoisotopic (exact) mass is 183 g/mol. The lowest BCUT2D eigenvalue weighted by Gasteiger charge is -1.90. The van der Waals surface area contributed by atoms with Crippen molar-refractivity contribution in [2.75, 3.05) is 0 Å². The molecule has 0 unspecified atom stereocenters. The molecule has 13 heavy (non-hydrogen) atoms. The number of benzene rings is 1. The Labute approximate surface area is 74.8 Å². The van der Waals surface area contributed by atoms with Crippen molar-refractivity contribution in [3.8, 4) is 0 Å². The Kier molecular flexibility index (Phi) is 4.87. The van der Waals surface area contributed by atoms with E-state index in [2.05, 4.69) is 0 Å². The van der Waals surface area contributed by atoms with Gasteiger partial charge in [-0.1, -0.05) is 17.7 Å². The molecule has 1 aromatic rings. The number of nitro benzene ring substituents is 1. The molecule has 0 aliphatic heterocycles. The van der Waals surface area contributed by atoms with Crippen LogP contribution in [0.15, 0.2) is 24.3 Å². The van der Waals surface area contributed by atoms with Crippen LogP contribution in [0.1, 0.15) is 5.56 Å². The molecular formula is C8H9NO4. The molecule has 0 amide bonds. The molecule has 5 heteroatoms. The lowest BCUT2D eigenvalue weighted by atomic mass is 10.2. The Morgan fingerprint density at radius 1 is 1.38 bits per heavy atom. The number of carboxylic acid groups (broad SMARTS) is 1. The van der Waals surface area contributed by atoms with Crippen LogP contribution in [0.3, 0.4) is 0 Å². The molecule has 1 rings (SSSR count). The van der Waals surface area contributed by atoms with Crippen molar-refractivity contribution in [3.05, 3.63) is 39.9 Å². The van der Waals surface area contributed by atoms with Gasteiger partial charge in [0.25, 0.3) is 12.2 Å². The van der Waals surface area contributed by atoms with Crippen molar-refractivity contribution in [3.63, 3.8) is 0 Å². The Hall–Kier alpha value is -1.91. The van der Waals surface area contributed by atoms with E-state index in [0.717, 1.165) is 5.56 Å². The highest BCUT2D eigenvalue weighted by Gasteiger charge is 2.00. The Morgan fingerprint density at radius 2 is 1.77 bits per heavy atom. The number of rotatable bonds is 1. The summed E-state index contributed by atoms with van der Waals surface area (Å²) in [7, 11) is 0. The third kappa shape index (κ3) is 4.52. The maximum atomic E-state index is 10.1. The molecule has 1 aromatic carbocycles. The lowest BCUT2D eigenvalue weighted by Crippen LogP contribution is -1.86. The van der Waals surface area contributed by atoms with Gasteiger partial charge in [0.2, 0.25) is 0 Å². The molecule has 0 fully saturated rings. The summed E-state index contributed by atoms with van der Waals surface area (Å²) in [5.74, 6) is 0. The van der Waals surface area contributed by atoms with Crippen LogP contribution in [0.5, 0.6) is 0 Å². The fourth-order valence-corrected chi connectivity index (χ4v) is 0.666. The number of nitro groups is 1. The molecule has 0 aromatic heterocycles. The van der Waals surface area contributed by atoms with Gasteiger partial charge < -0.3 is 5.11 Å². The van der Waals surface area contributed by atoms with Gasteiger partial charge in [0.05, 0.1) is 4.92 Å². The van der Waals surface area contributed by atoms with E-state index in [1.807, 2.05) is 6.92 Å². The summed E-state index contributed by atoms with van der Waals surface area (Å²) in [5.41, 5.74) is 1.18. The third-order valence-electron chi connectivity index (χ3n) is 1.24. The SMILES string of the molecule is Cc1ccc([N+](=O)[O-])cc1.O=CO. The van der Waals surface area contributed by atoms with Crippen LogP contribution in [-0.4, -0.2) is 16.5 Å². The van der Waals surface area contributed by atoms with E-state index < -0.39 is 4.92 Å². The maximum absolute atomic E-state index is 10.1. The van der Waals surface area contributed by atoms with Gasteiger partial charge in [-0.05, 0) is 6.92 Å². The normalized spacial score (nSPS) is 8.08. The minimum absolute atomic E-state index is 0.144. The zero-order chi connectivity index (χ0) is 10.3. The standard InChI is InChI=1S/C7H7NO2.CH2O2/c1-6-2-4-7(5-3-6)8(9)10;2-1-3/h2-5H,1H3;1H,(H,2,3). The smallest absolute Gasteiger partial charge is 0.290 e. The zero-order valence-corrected chi connectivity index (χ0v) is 7.01. The predicted molar refractivity (Wildman–Crippen MR) is 46.5 cm³/mol. The van der Waals surface area contributed by atoms with Crippen molar-refractivity contribution in [2.45, 2.75) is 6.92 Å². The minimum atomic E-state index is -0.403. The van der Waals surface area contributed by atoms with Gasteiger partial charge in [0, 0.05) is 12.1 Å². The topological polar surface area (TPSA) is 80.4 Å². The Bertz CT molecular complexity index is 281. The fourth-order valence-electron chi connectivity index (χ4n) is 0.666. The molecule has 0 heterocycles. The largest absolute Gasteiger partial charge is 0.483 e. The summed E-state index contributed by atoms with van der Waals surface area (Å²) in [5, 5.41) is 17.0. The van der Waals surface area contributed by atoms with Gasteiger partial charge in [-0.2, -0.15) is 0 Å². The molecule has 0 bridgehead atoms. The molecule has 1 N–H and O–H groups in total. The second-order valence-electron chi connectivity index (χ2n) is 2.20. The van der Waals surface area contributed by atoms with Crippen LogP contribution in [0.4, 0.5) is 5.69 Å². The van der Waals surface area contributed by atoms with Crippen molar-refractivity contribution in [2.24, 2.45) is 0 Å². The molecule has 0 saturated heterocycles. The molecule has 0 atom stereocenters. The first-order valence-corrected chi connectivity index (χ1v) is 3.40. The van der Waals surface area contributed by atoms with Gasteiger partial charge in [-0.25, -0.2) is 0 Å². The number of carbonyl (C=O) groups is 1. The molecule has 0 aliphatic rings. The minimum Gasteiger partial charge on any atom is -0.483 e. The van der Waals surface area contributed by atoms with Crippen LogP contribution < -0.4 is 0 Å². The molecule has 0 radical (unpaired) electrons. The Morgan fingerprint density at radius 3 is 2.08 bits per heavy atom. The number of aryl methyl sites for hydroxylation is 1. The van der Waals surface area contributed by atoms with Crippen LogP contribution in [0.2, 0.25) is 0 Å². The summed E-state index contributed by atoms with van der Waals surface area (Å²) >= 11 is 0. The third-order valence-corrected chi connectivity index (χ3v) is 1.24. The number of nitrogens with zero attached hydrogens (tertiary/aromatic N) is 1. The molecule has 70 valence electrons. The van der Waals surface area contributed by atoms with E-state index in [9.17, 15) is 10.1 Å². The first-order chi connectivity index (χ1) is 6.11. The molecule has 0 aliphatic carbocycles. The van der Waals surface area contributed by atoms with Crippen molar-refractivity contribution in [1.82, 2.24) is 0 Å². The summed E-state index contributed by atoms with van der Waals surface area (Å²) in [4.78, 5) is 18.1. The lowest BCUT2D eigenvalue weighted by molar-refractivity contribution is -0.384. The van der Waals surface area contributed by atoms with Crippen molar-refractivity contribution < 1.29 is 14.8 Å². The van der Waals surface area contributed by atoms with Gasteiger partial charge in [0.15, 0.2) is 0 Å². The first-order valence-electron chi connectivity index (χ1n) is 3.40. The fraction of sp³-hybridized carbons (Fsp3) is 0.125. The summed E-state index contributed by atoms with van der Waals surface area (Å²) in [6.45, 7) is 1.64. The number of hydrogen-bond donors (Lipinski definition) is 1. The second-order valence-corrected chi connectivity index (χ2v) is 2.20. The number of hydrogen-bond acceptors (Lipinski definition) is 3.